The second kappa shape index (κ2) is 2.85. The van der Waals surface area contributed by atoms with E-state index in [4.69, 9.17) is 0 Å². The largest absolute Gasteiger partial charge is 0.366 e. The molecule has 1 heterocycles. The van der Waals surface area contributed by atoms with E-state index in [1.165, 1.54) is 0 Å². The average Bonchev–Trinajstić information content (AvgIpc) is 1.98. The number of hydrogen-bond acceptors (Lipinski definition) is 4. The van der Waals surface area contributed by atoms with Crippen LogP contribution in [-0.4, -0.2) is 38.9 Å². The lowest BCUT2D eigenvalue weighted by molar-refractivity contribution is -0.0242. The molecule has 1 saturated heterocycles. The molecule has 0 aliphatic carbocycles. The summed E-state index contributed by atoms with van der Waals surface area (Å²) in [6, 6.07) is 0. The highest BCUT2D eigenvalue weighted by Gasteiger charge is 2.68. The molecule has 5 nitrogen and oxygen atoms in total. The summed E-state index contributed by atoms with van der Waals surface area (Å²) in [4.78, 5) is 0. The Morgan fingerprint density at radius 3 is 1.47 bits per heavy atom. The van der Waals surface area contributed by atoms with Gasteiger partial charge in [0.1, 0.15) is 6.42 Å². The van der Waals surface area contributed by atoms with Crippen LogP contribution in [0.1, 0.15) is 6.42 Å². The Morgan fingerprint density at radius 2 is 1.20 bits per heavy atom. The van der Waals surface area contributed by atoms with Crippen molar-refractivity contribution in [3.05, 3.63) is 0 Å². The second-order valence-corrected chi connectivity index (χ2v) is 6.80. The summed E-state index contributed by atoms with van der Waals surface area (Å²) in [5.41, 5.74) is 0. The number of nitrogens with zero attached hydrogens (tertiary/aromatic N) is 1. The van der Waals surface area contributed by atoms with Crippen LogP contribution in [0.3, 0.4) is 0 Å². The van der Waals surface area contributed by atoms with Gasteiger partial charge in [-0.1, -0.05) is 0 Å². The lowest BCUT2D eigenvalue weighted by atomic mass is 10.4. The van der Waals surface area contributed by atoms with Crippen molar-refractivity contribution in [3.63, 3.8) is 0 Å². The van der Waals surface area contributed by atoms with E-state index in [9.17, 15) is 34.4 Å². The standard InChI is InChI=1S/C3H2BF4NO4S2/c4-9-14(10,11)2(5,6)1-3(7,8)15(9,12)13/h1H2. The van der Waals surface area contributed by atoms with Gasteiger partial charge < -0.3 is 0 Å². The highest BCUT2D eigenvalue weighted by Crippen LogP contribution is 2.45. The Morgan fingerprint density at radius 1 is 0.933 bits per heavy atom. The summed E-state index contributed by atoms with van der Waals surface area (Å²) in [5, 5.41) is -9.84. The Hall–Kier alpha value is -0.355. The van der Waals surface area contributed by atoms with Crippen LogP contribution in [0.25, 0.3) is 0 Å². The Kier molecular flexibility index (Phi) is 2.42. The molecule has 0 N–H and O–H groups in total. The lowest BCUT2D eigenvalue weighted by Crippen LogP contribution is -2.58. The third-order valence-electron chi connectivity index (χ3n) is 1.64. The maximum atomic E-state index is 12.6. The zero-order chi connectivity index (χ0) is 12.3. The Labute approximate surface area is 83.6 Å². The highest BCUT2D eigenvalue weighted by atomic mass is 32.3. The molecule has 0 aromatic carbocycles. The van der Waals surface area contributed by atoms with Crippen LogP contribution in [0.4, 0.5) is 17.6 Å². The predicted molar refractivity (Wildman–Crippen MR) is 39.9 cm³/mol. The number of sulfonamides is 2. The van der Waals surface area contributed by atoms with E-state index >= 15 is 0 Å². The number of rotatable bonds is 0. The van der Waals surface area contributed by atoms with Gasteiger partial charge in [0.25, 0.3) is 20.0 Å². The quantitative estimate of drug-likeness (QED) is 0.443. The molecule has 1 aliphatic heterocycles. The Bertz CT molecular complexity index is 440. The maximum absolute atomic E-state index is 12.6. The molecule has 2 radical (unpaired) electrons. The van der Waals surface area contributed by atoms with Gasteiger partial charge in [-0.15, -0.1) is 3.62 Å². The van der Waals surface area contributed by atoms with Gasteiger partial charge in [0.2, 0.25) is 7.98 Å². The summed E-state index contributed by atoms with van der Waals surface area (Å²) >= 11 is 0. The first-order chi connectivity index (χ1) is 6.36. The molecule has 0 aromatic heterocycles. The molecule has 1 rings (SSSR count). The first-order valence-electron chi connectivity index (χ1n) is 3.16. The van der Waals surface area contributed by atoms with E-state index in [1.807, 2.05) is 0 Å². The van der Waals surface area contributed by atoms with Crippen LogP contribution in [0.2, 0.25) is 0 Å². The minimum atomic E-state index is -5.81. The fraction of sp³-hybridized carbons (Fsp3) is 1.00. The molecule has 12 heteroatoms. The van der Waals surface area contributed by atoms with Crippen molar-refractivity contribution in [2.45, 2.75) is 16.9 Å². The molecular formula is C3H2BF4NO4S2. The van der Waals surface area contributed by atoms with Crippen LogP contribution in [-0.2, 0) is 20.0 Å². The lowest BCUT2D eigenvalue weighted by Gasteiger charge is -2.34. The normalized spacial score (nSPS) is 32.3. The minimum Gasteiger partial charge on any atom is -0.206 e. The summed E-state index contributed by atoms with van der Waals surface area (Å²) in [7, 11) is -7.38. The van der Waals surface area contributed by atoms with Gasteiger partial charge in [-0.05, 0) is 0 Å². The summed E-state index contributed by atoms with van der Waals surface area (Å²) in [6.07, 6.45) is -2.64. The molecule has 0 atom stereocenters. The maximum Gasteiger partial charge on any atom is 0.366 e. The zero-order valence-electron chi connectivity index (χ0n) is 6.69. The van der Waals surface area contributed by atoms with E-state index in [-0.39, 0.29) is 0 Å². The molecule has 15 heavy (non-hydrogen) atoms. The van der Waals surface area contributed by atoms with Crippen molar-refractivity contribution in [3.8, 4) is 0 Å². The molecule has 1 fully saturated rings. The average molecular weight is 267 g/mol. The van der Waals surface area contributed by atoms with Gasteiger partial charge >= 0.3 is 10.5 Å². The van der Waals surface area contributed by atoms with Gasteiger partial charge in [0.15, 0.2) is 0 Å². The molecule has 0 aromatic rings. The van der Waals surface area contributed by atoms with Crippen molar-refractivity contribution < 1.29 is 34.4 Å². The number of hydrogen-bond donors (Lipinski definition) is 0. The van der Waals surface area contributed by atoms with Crippen molar-refractivity contribution in [1.82, 2.24) is 3.62 Å². The molecular weight excluding hydrogens is 265 g/mol. The molecule has 1 aliphatic rings. The fourth-order valence-corrected chi connectivity index (χ4v) is 3.85. The van der Waals surface area contributed by atoms with Gasteiger partial charge in [-0.2, -0.15) is 17.6 Å². The minimum absolute atomic E-state index is 1.48. The second-order valence-electron chi connectivity index (χ2n) is 2.69. The van der Waals surface area contributed by atoms with Crippen LogP contribution < -0.4 is 0 Å². The van der Waals surface area contributed by atoms with E-state index in [0.717, 1.165) is 0 Å². The topological polar surface area (TPSA) is 71.5 Å². The van der Waals surface area contributed by atoms with Crippen LogP contribution >= 0.6 is 0 Å². The summed E-state index contributed by atoms with van der Waals surface area (Å²) in [6.45, 7) is 0. The number of halogens is 4. The van der Waals surface area contributed by atoms with Crippen molar-refractivity contribution in [2.24, 2.45) is 0 Å². The van der Waals surface area contributed by atoms with Crippen molar-refractivity contribution in [1.29, 1.82) is 0 Å². The first kappa shape index (κ1) is 12.7. The third kappa shape index (κ3) is 1.46. The smallest absolute Gasteiger partial charge is 0.206 e. The predicted octanol–water partition coefficient (Wildman–Crippen LogP) is -0.379. The fourth-order valence-electron chi connectivity index (χ4n) is 0.814. The summed E-state index contributed by atoms with van der Waals surface area (Å²) < 4.78 is 91.7. The molecule has 0 saturated carbocycles. The Balaban J connectivity index is 3.52. The van der Waals surface area contributed by atoms with E-state index < -0.39 is 40.6 Å². The van der Waals surface area contributed by atoms with Gasteiger partial charge in [-0.25, -0.2) is 16.8 Å². The molecule has 86 valence electrons. The zero-order valence-corrected chi connectivity index (χ0v) is 8.33. The molecule has 0 bridgehead atoms. The summed E-state index contributed by atoms with van der Waals surface area (Å²) in [5.74, 6) is 0. The third-order valence-corrected chi connectivity index (χ3v) is 5.56. The molecule has 0 spiro atoms. The monoisotopic (exact) mass is 267 g/mol. The first-order valence-corrected chi connectivity index (χ1v) is 6.04. The molecule has 0 amide bonds. The van der Waals surface area contributed by atoms with E-state index in [1.54, 1.807) is 0 Å². The van der Waals surface area contributed by atoms with Crippen molar-refractivity contribution >= 4 is 28.0 Å². The van der Waals surface area contributed by atoms with E-state index in [2.05, 4.69) is 7.98 Å². The van der Waals surface area contributed by atoms with Crippen LogP contribution in [0, 0.1) is 0 Å². The number of alkyl halides is 4. The van der Waals surface area contributed by atoms with Gasteiger partial charge in [0.05, 0.1) is 0 Å². The van der Waals surface area contributed by atoms with E-state index in [0.29, 0.717) is 0 Å². The van der Waals surface area contributed by atoms with Crippen molar-refractivity contribution in [2.75, 3.05) is 0 Å². The highest BCUT2D eigenvalue weighted by molar-refractivity contribution is 8.06. The SMILES string of the molecule is [B]N1S(=O)(=O)C(F)(F)CC(F)(F)S1(=O)=O. The van der Waals surface area contributed by atoms with Crippen LogP contribution in [0.5, 0.6) is 0 Å². The van der Waals surface area contributed by atoms with Gasteiger partial charge in [0, 0.05) is 0 Å². The molecule has 0 unspecified atom stereocenters. The van der Waals surface area contributed by atoms with Gasteiger partial charge in [-0.3, -0.25) is 0 Å². The van der Waals surface area contributed by atoms with Crippen LogP contribution in [0.15, 0.2) is 0 Å².